The fraction of sp³-hybridized carbons (Fsp3) is 0.706. The maximum absolute atomic E-state index is 4.71. The number of pyridine rings is 1. The van der Waals surface area contributed by atoms with Crippen molar-refractivity contribution in [2.45, 2.75) is 26.3 Å². The minimum atomic E-state index is 0.789. The first-order valence-corrected chi connectivity index (χ1v) is 8.32. The molecule has 2 aliphatic rings. The Morgan fingerprint density at radius 1 is 1.19 bits per heavy atom. The lowest BCUT2D eigenvalue weighted by molar-refractivity contribution is 0.148. The quantitative estimate of drug-likeness (QED) is 0.849. The molecule has 0 N–H and O–H groups in total. The largest absolute Gasteiger partial charge is 0.356 e. The topological polar surface area (TPSA) is 22.6 Å². The van der Waals surface area contributed by atoms with Gasteiger partial charge in [-0.3, -0.25) is 4.90 Å². The van der Waals surface area contributed by atoms with Crippen LogP contribution in [0, 0.1) is 5.92 Å². The van der Waals surface area contributed by atoms with E-state index in [1.54, 1.807) is 0 Å². The van der Waals surface area contributed by atoms with Crippen LogP contribution in [-0.2, 0) is 6.54 Å². The number of hydrogen-bond acceptors (Lipinski definition) is 4. The molecule has 1 unspecified atom stereocenters. The van der Waals surface area contributed by atoms with Gasteiger partial charge in [-0.2, -0.15) is 0 Å². The van der Waals surface area contributed by atoms with Gasteiger partial charge < -0.3 is 9.80 Å². The van der Waals surface area contributed by atoms with Crippen LogP contribution < -0.4 is 4.90 Å². The van der Waals surface area contributed by atoms with E-state index >= 15 is 0 Å². The number of likely N-dealkylation sites (N-methyl/N-ethyl adjacent to an activating group) is 1. The summed E-state index contributed by atoms with van der Waals surface area (Å²) in [5.74, 6) is 2.01. The van der Waals surface area contributed by atoms with E-state index in [4.69, 9.17) is 4.98 Å². The highest BCUT2D eigenvalue weighted by atomic mass is 15.3. The van der Waals surface area contributed by atoms with Gasteiger partial charge in [-0.15, -0.1) is 0 Å². The zero-order valence-electron chi connectivity index (χ0n) is 13.5. The second-order valence-electron chi connectivity index (χ2n) is 6.76. The van der Waals surface area contributed by atoms with E-state index in [1.165, 1.54) is 50.4 Å². The maximum Gasteiger partial charge on any atom is 0.133 e. The van der Waals surface area contributed by atoms with Crippen molar-refractivity contribution in [1.82, 2.24) is 14.8 Å². The molecule has 2 aliphatic heterocycles. The molecule has 4 heteroatoms. The SMILES string of the molecule is CC1CCCN(c2ncccc2CN2CCN(C)CC2)C1. The van der Waals surface area contributed by atoms with Crippen LogP contribution in [0.15, 0.2) is 18.3 Å². The van der Waals surface area contributed by atoms with Crippen molar-refractivity contribution in [1.29, 1.82) is 0 Å². The standard InChI is InChI=1S/C17H28N4/c1-15-5-4-8-21(13-15)17-16(6-3-7-18-17)14-20-11-9-19(2)10-12-20/h3,6-7,15H,4-5,8-14H2,1-2H3. The summed E-state index contributed by atoms with van der Waals surface area (Å²) in [6.07, 6.45) is 4.60. The molecule has 0 radical (unpaired) electrons. The Kier molecular flexibility index (Phi) is 4.76. The van der Waals surface area contributed by atoms with Gasteiger partial charge in [0.2, 0.25) is 0 Å². The summed E-state index contributed by atoms with van der Waals surface area (Å²) in [4.78, 5) is 12.2. The van der Waals surface area contributed by atoms with Crippen LogP contribution in [0.4, 0.5) is 5.82 Å². The summed E-state index contributed by atoms with van der Waals surface area (Å²) in [7, 11) is 2.21. The van der Waals surface area contributed by atoms with Crippen LogP contribution in [-0.4, -0.2) is 61.1 Å². The average molecular weight is 288 g/mol. The molecule has 2 saturated heterocycles. The highest BCUT2D eigenvalue weighted by Crippen LogP contribution is 2.25. The summed E-state index contributed by atoms with van der Waals surface area (Å²) in [5, 5.41) is 0. The van der Waals surface area contributed by atoms with Gasteiger partial charge in [0.25, 0.3) is 0 Å². The minimum Gasteiger partial charge on any atom is -0.356 e. The highest BCUT2D eigenvalue weighted by molar-refractivity contribution is 5.47. The van der Waals surface area contributed by atoms with Crippen molar-refractivity contribution in [3.05, 3.63) is 23.9 Å². The first-order chi connectivity index (χ1) is 10.2. The van der Waals surface area contributed by atoms with Crippen molar-refractivity contribution in [3.8, 4) is 0 Å². The Morgan fingerprint density at radius 2 is 2.00 bits per heavy atom. The molecule has 1 atom stereocenters. The van der Waals surface area contributed by atoms with E-state index < -0.39 is 0 Å². The predicted molar refractivity (Wildman–Crippen MR) is 87.6 cm³/mol. The summed E-state index contributed by atoms with van der Waals surface area (Å²) in [6.45, 7) is 10.4. The fourth-order valence-electron chi connectivity index (χ4n) is 3.47. The molecule has 0 saturated carbocycles. The van der Waals surface area contributed by atoms with Crippen LogP contribution in [0.1, 0.15) is 25.3 Å². The van der Waals surface area contributed by atoms with Crippen molar-refractivity contribution in [2.75, 3.05) is 51.2 Å². The summed E-state index contributed by atoms with van der Waals surface area (Å²) in [6, 6.07) is 4.35. The Labute approximate surface area is 128 Å². The van der Waals surface area contributed by atoms with Crippen molar-refractivity contribution in [2.24, 2.45) is 5.92 Å². The van der Waals surface area contributed by atoms with Gasteiger partial charge in [0.1, 0.15) is 5.82 Å². The first-order valence-electron chi connectivity index (χ1n) is 8.32. The molecule has 116 valence electrons. The molecule has 0 bridgehead atoms. The molecule has 0 aliphatic carbocycles. The number of piperazine rings is 1. The van der Waals surface area contributed by atoms with E-state index in [0.717, 1.165) is 25.6 Å². The van der Waals surface area contributed by atoms with Gasteiger partial charge >= 0.3 is 0 Å². The Bertz CT molecular complexity index is 454. The number of rotatable bonds is 3. The number of nitrogens with zero attached hydrogens (tertiary/aromatic N) is 4. The summed E-state index contributed by atoms with van der Waals surface area (Å²) >= 11 is 0. The van der Waals surface area contributed by atoms with E-state index in [0.29, 0.717) is 0 Å². The Balaban J connectivity index is 1.70. The zero-order valence-corrected chi connectivity index (χ0v) is 13.5. The molecule has 21 heavy (non-hydrogen) atoms. The molecular weight excluding hydrogens is 260 g/mol. The fourth-order valence-corrected chi connectivity index (χ4v) is 3.47. The molecule has 0 amide bonds. The normalized spacial score (nSPS) is 25.2. The van der Waals surface area contributed by atoms with Gasteiger partial charge in [-0.1, -0.05) is 13.0 Å². The Morgan fingerprint density at radius 3 is 2.76 bits per heavy atom. The number of anilines is 1. The summed E-state index contributed by atoms with van der Waals surface area (Å²) in [5.41, 5.74) is 1.40. The second-order valence-corrected chi connectivity index (χ2v) is 6.76. The van der Waals surface area contributed by atoms with E-state index in [-0.39, 0.29) is 0 Å². The minimum absolute atomic E-state index is 0.789. The molecule has 1 aromatic rings. The van der Waals surface area contributed by atoms with Crippen LogP contribution in [0.25, 0.3) is 0 Å². The van der Waals surface area contributed by atoms with Crippen molar-refractivity contribution >= 4 is 5.82 Å². The number of hydrogen-bond donors (Lipinski definition) is 0. The molecule has 4 nitrogen and oxygen atoms in total. The second kappa shape index (κ2) is 6.75. The smallest absolute Gasteiger partial charge is 0.133 e. The molecule has 0 spiro atoms. The van der Waals surface area contributed by atoms with Crippen molar-refractivity contribution < 1.29 is 0 Å². The molecule has 3 heterocycles. The van der Waals surface area contributed by atoms with Crippen LogP contribution >= 0.6 is 0 Å². The third kappa shape index (κ3) is 3.74. The lowest BCUT2D eigenvalue weighted by atomic mass is 10.00. The van der Waals surface area contributed by atoms with Gasteiger partial charge in [0.05, 0.1) is 0 Å². The first kappa shape index (κ1) is 14.8. The van der Waals surface area contributed by atoms with E-state index in [2.05, 4.69) is 40.8 Å². The third-order valence-electron chi connectivity index (χ3n) is 4.81. The van der Waals surface area contributed by atoms with Gasteiger partial charge in [-0.25, -0.2) is 4.98 Å². The lowest BCUT2D eigenvalue weighted by Gasteiger charge is -2.35. The molecular formula is C17H28N4. The number of aromatic nitrogens is 1. The van der Waals surface area contributed by atoms with Crippen LogP contribution in [0.2, 0.25) is 0 Å². The van der Waals surface area contributed by atoms with Crippen LogP contribution in [0.5, 0.6) is 0 Å². The Hall–Kier alpha value is -1.13. The monoisotopic (exact) mass is 288 g/mol. The number of piperidine rings is 1. The van der Waals surface area contributed by atoms with E-state index in [1.807, 2.05) is 6.20 Å². The molecule has 0 aromatic carbocycles. The van der Waals surface area contributed by atoms with Crippen molar-refractivity contribution in [3.63, 3.8) is 0 Å². The van der Waals surface area contributed by atoms with E-state index in [9.17, 15) is 0 Å². The predicted octanol–water partition coefficient (Wildman–Crippen LogP) is 2.07. The molecule has 2 fully saturated rings. The molecule has 1 aromatic heterocycles. The highest BCUT2D eigenvalue weighted by Gasteiger charge is 2.21. The maximum atomic E-state index is 4.71. The van der Waals surface area contributed by atoms with Gasteiger partial charge in [0, 0.05) is 57.6 Å². The average Bonchev–Trinajstić information content (AvgIpc) is 2.50. The van der Waals surface area contributed by atoms with Crippen LogP contribution in [0.3, 0.4) is 0 Å². The van der Waals surface area contributed by atoms with Gasteiger partial charge in [0.15, 0.2) is 0 Å². The van der Waals surface area contributed by atoms with Gasteiger partial charge in [-0.05, 0) is 31.9 Å². The molecule has 3 rings (SSSR count). The third-order valence-corrected chi connectivity index (χ3v) is 4.81. The lowest BCUT2D eigenvalue weighted by Crippen LogP contribution is -2.44. The zero-order chi connectivity index (χ0) is 14.7. The summed E-state index contributed by atoms with van der Waals surface area (Å²) < 4.78 is 0.